The van der Waals surface area contributed by atoms with Crippen LogP contribution in [-0.4, -0.2) is 23.5 Å². The van der Waals surface area contributed by atoms with Crippen molar-refractivity contribution >= 4 is 17.4 Å². The molecule has 2 aliphatic rings. The minimum Gasteiger partial charge on any atom is -0.399 e. The Kier molecular flexibility index (Phi) is 2.86. The molecule has 2 amide bonds. The van der Waals surface area contributed by atoms with Crippen LogP contribution < -0.4 is 11.1 Å². The number of hydrogen-bond acceptors (Lipinski definition) is 2. The van der Waals surface area contributed by atoms with E-state index in [4.69, 9.17) is 5.73 Å². The SMILES string of the molecule is Nc1cccc(NC(=O)N(CC2CC2)C2CC2)c1. The molecule has 1 aromatic carbocycles. The van der Waals surface area contributed by atoms with Gasteiger partial charge in [0, 0.05) is 24.0 Å². The summed E-state index contributed by atoms with van der Waals surface area (Å²) in [6.45, 7) is 0.915. The van der Waals surface area contributed by atoms with E-state index in [9.17, 15) is 4.79 Å². The number of amides is 2. The Labute approximate surface area is 107 Å². The molecule has 2 fully saturated rings. The molecule has 0 atom stereocenters. The van der Waals surface area contributed by atoms with Crippen molar-refractivity contribution in [1.82, 2.24) is 4.90 Å². The van der Waals surface area contributed by atoms with Crippen LogP contribution in [0.5, 0.6) is 0 Å². The third-order valence-corrected chi connectivity index (χ3v) is 3.54. The number of nitrogen functional groups attached to an aromatic ring is 1. The number of carbonyl (C=O) groups excluding carboxylic acids is 1. The van der Waals surface area contributed by atoms with Crippen LogP contribution in [0.2, 0.25) is 0 Å². The van der Waals surface area contributed by atoms with Gasteiger partial charge in [0.1, 0.15) is 0 Å². The average Bonchev–Trinajstić information content (AvgIpc) is 3.19. The quantitative estimate of drug-likeness (QED) is 0.801. The molecule has 4 heteroatoms. The molecule has 0 aliphatic heterocycles. The number of nitrogens with one attached hydrogen (secondary N) is 1. The van der Waals surface area contributed by atoms with Crippen LogP contribution in [0.3, 0.4) is 0 Å². The average molecular weight is 245 g/mol. The van der Waals surface area contributed by atoms with Crippen molar-refractivity contribution in [3.63, 3.8) is 0 Å². The Hall–Kier alpha value is -1.71. The second-order valence-corrected chi connectivity index (χ2v) is 5.38. The maximum atomic E-state index is 12.2. The first-order valence-corrected chi connectivity index (χ1v) is 6.65. The van der Waals surface area contributed by atoms with Gasteiger partial charge in [0.2, 0.25) is 0 Å². The summed E-state index contributed by atoms with van der Waals surface area (Å²) in [5.41, 5.74) is 7.16. The fraction of sp³-hybridized carbons (Fsp3) is 0.500. The lowest BCUT2D eigenvalue weighted by atomic mass is 10.3. The van der Waals surface area contributed by atoms with E-state index in [0.29, 0.717) is 11.7 Å². The Balaban J connectivity index is 1.64. The maximum absolute atomic E-state index is 12.2. The molecule has 4 nitrogen and oxygen atoms in total. The molecule has 0 aromatic heterocycles. The molecule has 0 spiro atoms. The fourth-order valence-corrected chi connectivity index (χ4v) is 2.17. The van der Waals surface area contributed by atoms with Crippen molar-refractivity contribution < 1.29 is 4.79 Å². The molecule has 0 bridgehead atoms. The van der Waals surface area contributed by atoms with Crippen LogP contribution in [0.25, 0.3) is 0 Å². The van der Waals surface area contributed by atoms with Gasteiger partial charge in [0.15, 0.2) is 0 Å². The summed E-state index contributed by atoms with van der Waals surface area (Å²) in [5.74, 6) is 0.734. The Morgan fingerprint density at radius 3 is 2.72 bits per heavy atom. The highest BCUT2D eigenvalue weighted by Crippen LogP contribution is 2.35. The number of nitrogens with two attached hydrogens (primary N) is 1. The second-order valence-electron chi connectivity index (χ2n) is 5.38. The van der Waals surface area contributed by atoms with Crippen LogP contribution in [0, 0.1) is 5.92 Å². The number of nitrogens with zero attached hydrogens (tertiary/aromatic N) is 1. The largest absolute Gasteiger partial charge is 0.399 e. The van der Waals surface area contributed by atoms with Crippen LogP contribution in [0.4, 0.5) is 16.2 Å². The van der Waals surface area contributed by atoms with Crippen LogP contribution >= 0.6 is 0 Å². The van der Waals surface area contributed by atoms with Gasteiger partial charge in [-0.05, 0) is 49.8 Å². The first-order valence-electron chi connectivity index (χ1n) is 6.65. The molecule has 18 heavy (non-hydrogen) atoms. The Morgan fingerprint density at radius 2 is 2.11 bits per heavy atom. The van der Waals surface area contributed by atoms with Gasteiger partial charge in [0.05, 0.1) is 0 Å². The zero-order valence-corrected chi connectivity index (χ0v) is 10.4. The van der Waals surface area contributed by atoms with Gasteiger partial charge in [-0.2, -0.15) is 0 Å². The fourth-order valence-electron chi connectivity index (χ4n) is 2.17. The van der Waals surface area contributed by atoms with E-state index in [0.717, 1.165) is 31.0 Å². The molecule has 3 N–H and O–H groups in total. The van der Waals surface area contributed by atoms with E-state index >= 15 is 0 Å². The van der Waals surface area contributed by atoms with Crippen molar-refractivity contribution in [2.75, 3.05) is 17.6 Å². The standard InChI is InChI=1S/C14H19N3O/c15-11-2-1-3-12(8-11)16-14(18)17(13-6-7-13)9-10-4-5-10/h1-3,8,10,13H,4-7,9,15H2,(H,16,18). The third kappa shape index (κ3) is 2.75. The van der Waals surface area contributed by atoms with Crippen molar-refractivity contribution in [2.24, 2.45) is 5.92 Å². The molecule has 0 unspecified atom stereocenters. The lowest BCUT2D eigenvalue weighted by Gasteiger charge is -2.22. The van der Waals surface area contributed by atoms with Crippen LogP contribution in [-0.2, 0) is 0 Å². The van der Waals surface area contributed by atoms with E-state index in [-0.39, 0.29) is 6.03 Å². The molecule has 2 saturated carbocycles. The number of anilines is 2. The highest BCUT2D eigenvalue weighted by molar-refractivity contribution is 5.90. The summed E-state index contributed by atoms with van der Waals surface area (Å²) in [4.78, 5) is 14.2. The van der Waals surface area contributed by atoms with E-state index in [1.807, 2.05) is 23.1 Å². The normalized spacial score (nSPS) is 18.4. The second kappa shape index (κ2) is 4.52. The third-order valence-electron chi connectivity index (χ3n) is 3.54. The number of rotatable bonds is 4. The summed E-state index contributed by atoms with van der Waals surface area (Å²) in [6.07, 6.45) is 4.84. The van der Waals surface area contributed by atoms with Gasteiger partial charge in [0.25, 0.3) is 0 Å². The molecular weight excluding hydrogens is 226 g/mol. The summed E-state index contributed by atoms with van der Waals surface area (Å²) >= 11 is 0. The highest BCUT2D eigenvalue weighted by Gasteiger charge is 2.36. The number of benzene rings is 1. The molecule has 96 valence electrons. The molecule has 0 radical (unpaired) electrons. The summed E-state index contributed by atoms with van der Waals surface area (Å²) < 4.78 is 0. The molecular formula is C14H19N3O. The van der Waals surface area contributed by atoms with Crippen LogP contribution in [0.1, 0.15) is 25.7 Å². The van der Waals surface area contributed by atoms with Gasteiger partial charge in [-0.1, -0.05) is 6.07 Å². The first kappa shape index (κ1) is 11.4. The van der Waals surface area contributed by atoms with Gasteiger partial charge in [-0.25, -0.2) is 4.79 Å². The predicted molar refractivity (Wildman–Crippen MR) is 72.3 cm³/mol. The van der Waals surface area contributed by atoms with Gasteiger partial charge in [-0.3, -0.25) is 0 Å². The number of hydrogen-bond donors (Lipinski definition) is 2. The summed E-state index contributed by atoms with van der Waals surface area (Å²) in [7, 11) is 0. The number of carbonyl (C=O) groups is 1. The Morgan fingerprint density at radius 1 is 1.33 bits per heavy atom. The molecule has 0 saturated heterocycles. The van der Waals surface area contributed by atoms with Gasteiger partial charge < -0.3 is 16.0 Å². The topological polar surface area (TPSA) is 58.4 Å². The van der Waals surface area contributed by atoms with E-state index in [1.54, 1.807) is 6.07 Å². The van der Waals surface area contributed by atoms with E-state index in [2.05, 4.69) is 5.32 Å². The first-order chi connectivity index (χ1) is 8.72. The zero-order valence-electron chi connectivity index (χ0n) is 10.4. The smallest absolute Gasteiger partial charge is 0.322 e. The monoisotopic (exact) mass is 245 g/mol. The zero-order chi connectivity index (χ0) is 12.5. The highest BCUT2D eigenvalue weighted by atomic mass is 16.2. The van der Waals surface area contributed by atoms with E-state index < -0.39 is 0 Å². The van der Waals surface area contributed by atoms with Crippen molar-refractivity contribution in [3.05, 3.63) is 24.3 Å². The van der Waals surface area contributed by atoms with Crippen molar-refractivity contribution in [1.29, 1.82) is 0 Å². The van der Waals surface area contributed by atoms with Crippen molar-refractivity contribution in [3.8, 4) is 0 Å². The minimum atomic E-state index is 0.0231. The molecule has 1 aromatic rings. The van der Waals surface area contributed by atoms with Crippen LogP contribution in [0.15, 0.2) is 24.3 Å². The summed E-state index contributed by atoms with van der Waals surface area (Å²) in [6, 6.07) is 7.82. The molecule has 2 aliphatic carbocycles. The van der Waals surface area contributed by atoms with Gasteiger partial charge >= 0.3 is 6.03 Å². The summed E-state index contributed by atoms with van der Waals surface area (Å²) in [5, 5.41) is 2.94. The van der Waals surface area contributed by atoms with Gasteiger partial charge in [-0.15, -0.1) is 0 Å². The molecule has 3 rings (SSSR count). The van der Waals surface area contributed by atoms with Crippen molar-refractivity contribution in [2.45, 2.75) is 31.7 Å². The minimum absolute atomic E-state index is 0.0231. The maximum Gasteiger partial charge on any atom is 0.322 e. The molecule has 0 heterocycles. The lowest BCUT2D eigenvalue weighted by molar-refractivity contribution is 0.206. The lowest BCUT2D eigenvalue weighted by Crippen LogP contribution is -2.38. The predicted octanol–water partition coefficient (Wildman–Crippen LogP) is 2.68. The number of urea groups is 1. The Bertz CT molecular complexity index is 452. The van der Waals surface area contributed by atoms with E-state index in [1.165, 1.54) is 12.8 Å².